The van der Waals surface area contributed by atoms with E-state index in [4.69, 9.17) is 0 Å². The molecule has 1 heterocycles. The van der Waals surface area contributed by atoms with E-state index in [-0.39, 0.29) is 18.1 Å². The van der Waals surface area contributed by atoms with E-state index in [2.05, 4.69) is 15.6 Å². The van der Waals surface area contributed by atoms with Gasteiger partial charge in [-0.05, 0) is 13.0 Å². The van der Waals surface area contributed by atoms with Gasteiger partial charge in [0.25, 0.3) is 5.69 Å². The second kappa shape index (κ2) is 5.19. The number of nitrogens with one attached hydrogen (secondary N) is 2. The van der Waals surface area contributed by atoms with E-state index in [1.54, 1.807) is 6.07 Å². The Morgan fingerprint density at radius 2 is 2.26 bits per heavy atom. The van der Waals surface area contributed by atoms with Crippen molar-refractivity contribution in [1.29, 1.82) is 0 Å². The molecule has 0 saturated carbocycles. The number of nitrogens with zero attached hydrogens (tertiary/aromatic N) is 2. The number of rotatable bonds is 4. The van der Waals surface area contributed by atoms with Gasteiger partial charge in [0.1, 0.15) is 5.69 Å². The zero-order valence-corrected chi connectivity index (χ0v) is 11.2. The number of benzene rings is 1. The number of hydrogen-bond acceptors (Lipinski definition) is 6. The minimum atomic E-state index is -0.472. The second-order valence-electron chi connectivity index (χ2n) is 3.85. The summed E-state index contributed by atoms with van der Waals surface area (Å²) < 4.78 is 0.759. The first kappa shape index (κ1) is 13.2. The molecule has 19 heavy (non-hydrogen) atoms. The fourth-order valence-corrected chi connectivity index (χ4v) is 2.48. The number of hydrogen-bond donors (Lipinski definition) is 2. The van der Waals surface area contributed by atoms with Gasteiger partial charge in [0.2, 0.25) is 5.91 Å². The number of nitro benzene ring substituents is 1. The van der Waals surface area contributed by atoms with Crippen molar-refractivity contribution in [3.05, 3.63) is 27.3 Å². The van der Waals surface area contributed by atoms with Crippen LogP contribution in [0, 0.1) is 17.0 Å². The molecule has 1 amide bonds. The van der Waals surface area contributed by atoms with Crippen molar-refractivity contribution in [2.24, 2.45) is 0 Å². The maximum atomic E-state index is 11.2. The molecule has 1 aromatic carbocycles. The van der Waals surface area contributed by atoms with Crippen LogP contribution in [0.2, 0.25) is 0 Å². The van der Waals surface area contributed by atoms with Crippen LogP contribution in [0.3, 0.4) is 0 Å². The Balaban J connectivity index is 2.41. The van der Waals surface area contributed by atoms with Crippen LogP contribution in [0.15, 0.2) is 12.1 Å². The van der Waals surface area contributed by atoms with Crippen LogP contribution in [0.5, 0.6) is 0 Å². The average Bonchev–Trinajstić information content (AvgIpc) is 2.73. The first-order valence-corrected chi connectivity index (χ1v) is 6.33. The third kappa shape index (κ3) is 2.79. The van der Waals surface area contributed by atoms with Gasteiger partial charge in [0.05, 0.1) is 26.7 Å². The Hall–Kier alpha value is -2.22. The molecule has 8 heteroatoms. The summed E-state index contributed by atoms with van der Waals surface area (Å²) in [5.74, 6) is -0.246. The van der Waals surface area contributed by atoms with Gasteiger partial charge in [-0.25, -0.2) is 4.98 Å². The molecule has 0 fully saturated rings. The smallest absolute Gasteiger partial charge is 0.293 e. The van der Waals surface area contributed by atoms with Crippen molar-refractivity contribution < 1.29 is 9.72 Å². The topological polar surface area (TPSA) is 97.2 Å². The molecule has 0 aliphatic heterocycles. The summed E-state index contributed by atoms with van der Waals surface area (Å²) in [4.78, 5) is 26.0. The highest BCUT2D eigenvalue weighted by Crippen LogP contribution is 2.32. The molecule has 100 valence electrons. The number of thiazole rings is 1. The number of aromatic nitrogens is 1. The molecular weight excluding hydrogens is 268 g/mol. The lowest BCUT2D eigenvalue weighted by molar-refractivity contribution is -0.383. The van der Waals surface area contributed by atoms with Gasteiger partial charge in [0.15, 0.2) is 0 Å². The number of aryl methyl sites for hydroxylation is 1. The highest BCUT2D eigenvalue weighted by molar-refractivity contribution is 7.18. The molecule has 0 radical (unpaired) electrons. The van der Waals surface area contributed by atoms with Gasteiger partial charge >= 0.3 is 0 Å². The van der Waals surface area contributed by atoms with Gasteiger partial charge in [0, 0.05) is 13.1 Å². The first-order valence-electron chi connectivity index (χ1n) is 5.51. The zero-order valence-electron chi connectivity index (χ0n) is 10.4. The van der Waals surface area contributed by atoms with Crippen LogP contribution in [-0.2, 0) is 4.79 Å². The Morgan fingerprint density at radius 1 is 1.53 bits per heavy atom. The van der Waals surface area contributed by atoms with Crippen molar-refractivity contribution in [2.45, 2.75) is 6.92 Å². The number of carbonyl (C=O) groups is 1. The quantitative estimate of drug-likeness (QED) is 0.656. The predicted octanol–water partition coefficient (Wildman–Crippen LogP) is 1.67. The molecule has 7 nitrogen and oxygen atoms in total. The molecule has 2 aromatic rings. The lowest BCUT2D eigenvalue weighted by atomic mass is 10.2. The van der Waals surface area contributed by atoms with Gasteiger partial charge in [-0.1, -0.05) is 0 Å². The molecule has 1 aromatic heterocycles. The number of nitro groups is 1. The van der Waals surface area contributed by atoms with E-state index in [0.717, 1.165) is 9.71 Å². The van der Waals surface area contributed by atoms with Gasteiger partial charge in [-0.2, -0.15) is 0 Å². The Labute approximate surface area is 112 Å². The van der Waals surface area contributed by atoms with Crippen LogP contribution in [0.4, 0.5) is 11.4 Å². The van der Waals surface area contributed by atoms with E-state index < -0.39 is 4.92 Å². The van der Waals surface area contributed by atoms with Crippen LogP contribution >= 0.6 is 11.3 Å². The summed E-state index contributed by atoms with van der Waals surface area (Å²) in [6.45, 7) is 1.82. The molecule has 0 aliphatic rings. The summed E-state index contributed by atoms with van der Waals surface area (Å²) in [5.41, 5.74) is 0.930. The number of carbonyl (C=O) groups excluding carboxylic acids is 1. The van der Waals surface area contributed by atoms with Crippen LogP contribution in [0.25, 0.3) is 10.2 Å². The summed E-state index contributed by atoms with van der Waals surface area (Å²) in [5, 5.41) is 17.1. The van der Waals surface area contributed by atoms with Gasteiger partial charge in [-0.15, -0.1) is 11.3 Å². The third-order valence-corrected chi connectivity index (χ3v) is 3.46. The predicted molar refractivity (Wildman–Crippen MR) is 73.6 cm³/mol. The lowest BCUT2D eigenvalue weighted by Gasteiger charge is -2.06. The van der Waals surface area contributed by atoms with Crippen molar-refractivity contribution in [2.75, 3.05) is 18.9 Å². The summed E-state index contributed by atoms with van der Waals surface area (Å²) in [6, 6.07) is 3.08. The molecule has 2 N–H and O–H groups in total. The molecule has 0 bridgehead atoms. The van der Waals surface area contributed by atoms with Gasteiger partial charge < -0.3 is 10.6 Å². The minimum absolute atomic E-state index is 0.0219. The summed E-state index contributed by atoms with van der Waals surface area (Å²) in [6.07, 6.45) is 0. The van der Waals surface area contributed by atoms with E-state index in [9.17, 15) is 14.9 Å². The maximum absolute atomic E-state index is 11.2. The molecule has 0 unspecified atom stereocenters. The van der Waals surface area contributed by atoms with Crippen LogP contribution < -0.4 is 10.6 Å². The SMILES string of the molecule is CNC(=O)CNc1cc2nc(C)sc2cc1[N+](=O)[O-]. The fraction of sp³-hybridized carbons (Fsp3) is 0.273. The van der Waals surface area contributed by atoms with Crippen molar-refractivity contribution in [3.63, 3.8) is 0 Å². The van der Waals surface area contributed by atoms with Crippen LogP contribution in [0.1, 0.15) is 5.01 Å². The maximum Gasteiger partial charge on any atom is 0.293 e. The monoisotopic (exact) mass is 280 g/mol. The first-order chi connectivity index (χ1) is 9.01. The highest BCUT2D eigenvalue weighted by atomic mass is 32.1. The average molecular weight is 280 g/mol. The second-order valence-corrected chi connectivity index (χ2v) is 5.09. The molecule has 0 aliphatic carbocycles. The summed E-state index contributed by atoms with van der Waals surface area (Å²) >= 11 is 1.40. The number of amides is 1. The summed E-state index contributed by atoms with van der Waals surface area (Å²) in [7, 11) is 1.51. The molecule has 0 saturated heterocycles. The van der Waals surface area contributed by atoms with Crippen molar-refractivity contribution in [3.8, 4) is 0 Å². The fourth-order valence-electron chi connectivity index (χ4n) is 1.63. The normalized spacial score (nSPS) is 10.4. The molecule has 0 spiro atoms. The van der Waals surface area contributed by atoms with E-state index >= 15 is 0 Å². The Bertz CT molecular complexity index is 653. The van der Waals surface area contributed by atoms with Crippen molar-refractivity contribution >= 4 is 38.8 Å². The largest absolute Gasteiger partial charge is 0.370 e. The zero-order chi connectivity index (χ0) is 14.0. The Morgan fingerprint density at radius 3 is 2.89 bits per heavy atom. The Kier molecular flexibility index (Phi) is 3.61. The van der Waals surface area contributed by atoms with Crippen LogP contribution in [-0.4, -0.2) is 29.4 Å². The van der Waals surface area contributed by atoms with E-state index in [1.165, 1.54) is 24.5 Å². The van der Waals surface area contributed by atoms with E-state index in [1.807, 2.05) is 6.92 Å². The minimum Gasteiger partial charge on any atom is -0.370 e. The number of likely N-dealkylation sites (N-methyl/N-ethyl adjacent to an activating group) is 1. The van der Waals surface area contributed by atoms with Gasteiger partial charge in [-0.3, -0.25) is 14.9 Å². The standard InChI is InChI=1S/C11H12N4O3S/c1-6-14-8-3-7(13-5-11(16)12-2)9(15(17)18)4-10(8)19-6/h3-4,13H,5H2,1-2H3,(H,12,16). The van der Waals surface area contributed by atoms with Crippen molar-refractivity contribution in [1.82, 2.24) is 10.3 Å². The molecule has 2 rings (SSSR count). The highest BCUT2D eigenvalue weighted by Gasteiger charge is 2.17. The van der Waals surface area contributed by atoms with E-state index in [0.29, 0.717) is 11.2 Å². The molecule has 0 atom stereocenters. The molecular formula is C11H12N4O3S. The lowest BCUT2D eigenvalue weighted by Crippen LogP contribution is -2.26. The number of anilines is 1. The third-order valence-electron chi connectivity index (χ3n) is 2.53. The number of fused-ring (bicyclic) bond motifs is 1.